The van der Waals surface area contributed by atoms with Crippen molar-refractivity contribution in [2.24, 2.45) is 0 Å². The van der Waals surface area contributed by atoms with Crippen LogP contribution in [0.5, 0.6) is 0 Å². The highest BCUT2D eigenvalue weighted by Gasteiger charge is 2.20. The minimum Gasteiger partial charge on any atom is -0.368 e. The zero-order valence-electron chi connectivity index (χ0n) is 17.2. The number of nitrogens with one attached hydrogen (secondary N) is 2. The van der Waals surface area contributed by atoms with Crippen LogP contribution in [0.3, 0.4) is 0 Å². The van der Waals surface area contributed by atoms with E-state index in [0.717, 1.165) is 45.7 Å². The molecule has 2 aromatic carbocycles. The summed E-state index contributed by atoms with van der Waals surface area (Å²) in [5.41, 5.74) is 5.05. The number of amides is 1. The molecule has 1 fully saturated rings. The topological polar surface area (TPSA) is 51.4 Å². The number of anilines is 1. The third kappa shape index (κ3) is 4.80. The molecule has 1 amide bonds. The van der Waals surface area contributed by atoms with Gasteiger partial charge in [0, 0.05) is 61.9 Å². The Morgan fingerprint density at radius 1 is 1.03 bits per heavy atom. The van der Waals surface area contributed by atoms with Crippen LogP contribution in [-0.4, -0.2) is 55.1 Å². The minimum absolute atomic E-state index is 0.258. The quantitative estimate of drug-likeness (QED) is 0.609. The fourth-order valence-corrected chi connectivity index (χ4v) is 4.08. The SMILES string of the molecule is Cc1cccc(N2CCN(C(=O)CCNCCc3c[nH]c4ccccc34)CC2)c1. The lowest BCUT2D eigenvalue weighted by Gasteiger charge is -2.36. The Kier molecular flexibility index (Phi) is 6.15. The molecular weight excluding hydrogens is 360 g/mol. The van der Waals surface area contributed by atoms with E-state index in [9.17, 15) is 4.79 Å². The van der Waals surface area contributed by atoms with Gasteiger partial charge in [-0.2, -0.15) is 0 Å². The number of aryl methyl sites for hydroxylation is 1. The second-order valence-corrected chi connectivity index (χ2v) is 7.82. The van der Waals surface area contributed by atoms with Gasteiger partial charge in [-0.25, -0.2) is 0 Å². The lowest BCUT2D eigenvalue weighted by Crippen LogP contribution is -2.49. The van der Waals surface area contributed by atoms with Crippen LogP contribution in [0.4, 0.5) is 5.69 Å². The predicted molar refractivity (Wildman–Crippen MR) is 119 cm³/mol. The second-order valence-electron chi connectivity index (χ2n) is 7.82. The number of hydrogen-bond donors (Lipinski definition) is 2. The second kappa shape index (κ2) is 9.14. The Morgan fingerprint density at radius 3 is 2.69 bits per heavy atom. The van der Waals surface area contributed by atoms with E-state index >= 15 is 0 Å². The molecule has 0 saturated carbocycles. The molecule has 0 unspecified atom stereocenters. The zero-order chi connectivity index (χ0) is 20.1. The minimum atomic E-state index is 0.258. The van der Waals surface area contributed by atoms with E-state index < -0.39 is 0 Å². The standard InChI is InChI=1S/C24H30N4O/c1-19-5-4-6-21(17-19)27-13-15-28(16-14-27)24(29)10-12-25-11-9-20-18-26-23-8-3-2-7-22(20)23/h2-8,17-18,25-26H,9-16H2,1H3. The zero-order valence-corrected chi connectivity index (χ0v) is 17.2. The molecule has 152 valence electrons. The normalized spacial score (nSPS) is 14.5. The highest BCUT2D eigenvalue weighted by atomic mass is 16.2. The number of carbonyl (C=O) groups is 1. The summed E-state index contributed by atoms with van der Waals surface area (Å²) in [6, 6.07) is 17.0. The summed E-state index contributed by atoms with van der Waals surface area (Å²) < 4.78 is 0. The summed E-state index contributed by atoms with van der Waals surface area (Å²) in [6.07, 6.45) is 3.62. The number of piperazine rings is 1. The van der Waals surface area contributed by atoms with Gasteiger partial charge in [-0.3, -0.25) is 4.79 Å². The molecule has 0 bridgehead atoms. The smallest absolute Gasteiger partial charge is 0.223 e. The number of hydrogen-bond acceptors (Lipinski definition) is 3. The van der Waals surface area contributed by atoms with Gasteiger partial charge in [-0.05, 0) is 49.2 Å². The number of aromatic amines is 1. The maximum Gasteiger partial charge on any atom is 0.223 e. The predicted octanol–water partition coefficient (Wildman–Crippen LogP) is 3.35. The molecule has 29 heavy (non-hydrogen) atoms. The summed E-state index contributed by atoms with van der Waals surface area (Å²) in [7, 11) is 0. The lowest BCUT2D eigenvalue weighted by molar-refractivity contribution is -0.131. The largest absolute Gasteiger partial charge is 0.368 e. The first-order valence-electron chi connectivity index (χ1n) is 10.6. The monoisotopic (exact) mass is 390 g/mol. The van der Waals surface area contributed by atoms with Gasteiger partial charge in [0.1, 0.15) is 0 Å². The molecular formula is C24H30N4O. The van der Waals surface area contributed by atoms with Crippen molar-refractivity contribution in [2.75, 3.05) is 44.2 Å². The van der Waals surface area contributed by atoms with Crippen LogP contribution in [0.15, 0.2) is 54.7 Å². The first-order valence-corrected chi connectivity index (χ1v) is 10.6. The summed E-state index contributed by atoms with van der Waals surface area (Å²) in [5.74, 6) is 0.258. The number of carbonyl (C=O) groups excluding carboxylic acids is 1. The Labute approximate surface area is 172 Å². The molecule has 0 spiro atoms. The number of para-hydroxylation sites is 1. The molecule has 2 N–H and O–H groups in total. The van der Waals surface area contributed by atoms with Gasteiger partial charge in [0.2, 0.25) is 5.91 Å². The number of nitrogens with zero attached hydrogens (tertiary/aromatic N) is 2. The Bertz CT molecular complexity index is 956. The van der Waals surface area contributed by atoms with E-state index in [2.05, 4.69) is 70.8 Å². The Morgan fingerprint density at radius 2 is 1.86 bits per heavy atom. The van der Waals surface area contributed by atoms with E-state index in [0.29, 0.717) is 6.42 Å². The highest BCUT2D eigenvalue weighted by Crippen LogP contribution is 2.19. The summed E-state index contributed by atoms with van der Waals surface area (Å²) in [5, 5.41) is 4.72. The van der Waals surface area contributed by atoms with Gasteiger partial charge in [0.05, 0.1) is 0 Å². The molecule has 0 aliphatic carbocycles. The van der Waals surface area contributed by atoms with Gasteiger partial charge in [-0.15, -0.1) is 0 Å². The molecule has 1 saturated heterocycles. The van der Waals surface area contributed by atoms with Gasteiger partial charge in [0.25, 0.3) is 0 Å². The van der Waals surface area contributed by atoms with E-state index in [1.54, 1.807) is 0 Å². The number of H-pyrrole nitrogens is 1. The highest BCUT2D eigenvalue weighted by molar-refractivity contribution is 5.83. The fourth-order valence-electron chi connectivity index (χ4n) is 4.08. The Balaban J connectivity index is 1.16. The first kappa shape index (κ1) is 19.5. The maximum atomic E-state index is 12.5. The molecule has 0 radical (unpaired) electrons. The van der Waals surface area contributed by atoms with Crippen LogP contribution in [0.1, 0.15) is 17.5 Å². The summed E-state index contributed by atoms with van der Waals surface area (Å²) in [6.45, 7) is 7.17. The van der Waals surface area contributed by atoms with Crippen LogP contribution in [0.2, 0.25) is 0 Å². The van der Waals surface area contributed by atoms with Crippen LogP contribution < -0.4 is 10.2 Å². The van der Waals surface area contributed by atoms with Gasteiger partial charge < -0.3 is 20.1 Å². The van der Waals surface area contributed by atoms with Crippen molar-refractivity contribution in [1.82, 2.24) is 15.2 Å². The van der Waals surface area contributed by atoms with Crippen molar-refractivity contribution < 1.29 is 4.79 Å². The van der Waals surface area contributed by atoms with Crippen LogP contribution in [0, 0.1) is 6.92 Å². The number of benzene rings is 2. The van der Waals surface area contributed by atoms with E-state index in [4.69, 9.17) is 0 Å². The average molecular weight is 391 g/mol. The van der Waals surface area contributed by atoms with Crippen molar-refractivity contribution in [2.45, 2.75) is 19.8 Å². The number of aromatic nitrogens is 1. The van der Waals surface area contributed by atoms with Gasteiger partial charge >= 0.3 is 0 Å². The van der Waals surface area contributed by atoms with E-state index in [1.807, 2.05) is 11.0 Å². The molecule has 5 nitrogen and oxygen atoms in total. The van der Waals surface area contributed by atoms with E-state index in [-0.39, 0.29) is 5.91 Å². The Hall–Kier alpha value is -2.79. The molecule has 0 atom stereocenters. The van der Waals surface area contributed by atoms with Crippen molar-refractivity contribution in [3.8, 4) is 0 Å². The third-order valence-electron chi connectivity index (χ3n) is 5.76. The summed E-state index contributed by atoms with van der Waals surface area (Å²) >= 11 is 0. The molecule has 5 heteroatoms. The van der Waals surface area contributed by atoms with Crippen LogP contribution in [0.25, 0.3) is 10.9 Å². The van der Waals surface area contributed by atoms with Crippen LogP contribution in [-0.2, 0) is 11.2 Å². The third-order valence-corrected chi connectivity index (χ3v) is 5.76. The van der Waals surface area contributed by atoms with Gasteiger partial charge in [-0.1, -0.05) is 30.3 Å². The van der Waals surface area contributed by atoms with Crippen molar-refractivity contribution in [3.63, 3.8) is 0 Å². The average Bonchev–Trinajstić information content (AvgIpc) is 3.17. The molecule has 2 heterocycles. The molecule has 1 aliphatic heterocycles. The fraction of sp³-hybridized carbons (Fsp3) is 0.375. The lowest BCUT2D eigenvalue weighted by atomic mass is 10.1. The molecule has 1 aliphatic rings. The summed E-state index contributed by atoms with van der Waals surface area (Å²) in [4.78, 5) is 20.2. The van der Waals surface area contributed by atoms with Crippen molar-refractivity contribution in [1.29, 1.82) is 0 Å². The molecule has 3 aromatic rings. The first-order chi connectivity index (χ1) is 14.2. The van der Waals surface area contributed by atoms with Gasteiger partial charge in [0.15, 0.2) is 0 Å². The number of fused-ring (bicyclic) bond motifs is 1. The number of rotatable bonds is 7. The van der Waals surface area contributed by atoms with Crippen molar-refractivity contribution in [3.05, 3.63) is 65.9 Å². The van der Waals surface area contributed by atoms with E-state index in [1.165, 1.54) is 27.7 Å². The maximum absolute atomic E-state index is 12.5. The molecule has 1 aromatic heterocycles. The van der Waals surface area contributed by atoms with Crippen LogP contribution >= 0.6 is 0 Å². The van der Waals surface area contributed by atoms with Crippen molar-refractivity contribution >= 4 is 22.5 Å². The molecule has 4 rings (SSSR count).